The minimum absolute atomic E-state index is 0.127. The number of aryl methyl sites for hydroxylation is 2. The molecule has 1 aliphatic carbocycles. The smallest absolute Gasteiger partial charge is 0.252 e. The summed E-state index contributed by atoms with van der Waals surface area (Å²) in [6, 6.07) is 16.4. The highest BCUT2D eigenvalue weighted by Gasteiger charge is 2.57. The van der Waals surface area contributed by atoms with Crippen molar-refractivity contribution in [3.8, 4) is 0 Å². The number of amides is 1. The zero-order chi connectivity index (χ0) is 24.3. The van der Waals surface area contributed by atoms with E-state index in [1.165, 1.54) is 5.56 Å². The maximum Gasteiger partial charge on any atom is 0.252 e. The molecule has 1 saturated carbocycles. The maximum atomic E-state index is 13.4. The molecular weight excluding hydrogens is 430 g/mol. The average molecular weight is 468 g/mol. The third-order valence-electron chi connectivity index (χ3n) is 6.58. The largest absolute Gasteiger partial charge is 0.371 e. The van der Waals surface area contributed by atoms with Crippen molar-refractivity contribution in [1.82, 2.24) is 5.32 Å². The van der Waals surface area contributed by atoms with Gasteiger partial charge in [0.1, 0.15) is 6.10 Å². The van der Waals surface area contributed by atoms with Gasteiger partial charge in [0.2, 0.25) is 0 Å². The first-order valence-electron chi connectivity index (χ1n) is 12.2. The lowest BCUT2D eigenvalue weighted by Gasteiger charge is -2.43. The molecule has 6 nitrogen and oxygen atoms in total. The van der Waals surface area contributed by atoms with Gasteiger partial charge in [-0.1, -0.05) is 59.7 Å². The van der Waals surface area contributed by atoms with Gasteiger partial charge in [-0.3, -0.25) is 4.79 Å². The molecule has 6 heteroatoms. The van der Waals surface area contributed by atoms with Crippen molar-refractivity contribution in [1.29, 1.82) is 0 Å². The third kappa shape index (κ3) is 5.69. The Balaban J connectivity index is 1.58. The van der Waals surface area contributed by atoms with Gasteiger partial charge in [-0.05, 0) is 45.7 Å². The van der Waals surface area contributed by atoms with Gasteiger partial charge in [0.05, 0.1) is 25.4 Å². The van der Waals surface area contributed by atoms with Crippen LogP contribution in [0.3, 0.4) is 0 Å². The lowest BCUT2D eigenvalue weighted by Crippen LogP contribution is -2.60. The fourth-order valence-electron chi connectivity index (χ4n) is 4.94. The number of rotatable bonds is 8. The van der Waals surface area contributed by atoms with Crippen LogP contribution in [0.25, 0.3) is 0 Å². The highest BCUT2D eigenvalue weighted by molar-refractivity contribution is 5.85. The van der Waals surface area contributed by atoms with Crippen LogP contribution in [0.4, 0.5) is 0 Å². The minimum atomic E-state index is -1.07. The number of benzene rings is 2. The number of ether oxygens (including phenoxy) is 4. The van der Waals surface area contributed by atoms with Crippen LogP contribution in [-0.4, -0.2) is 42.2 Å². The van der Waals surface area contributed by atoms with Gasteiger partial charge in [0, 0.05) is 19.4 Å². The molecule has 0 spiro atoms. The summed E-state index contributed by atoms with van der Waals surface area (Å²) in [5.74, 6) is -0.868. The highest BCUT2D eigenvalue weighted by Crippen LogP contribution is 2.44. The first kappa shape index (κ1) is 24.9. The van der Waals surface area contributed by atoms with E-state index in [0.29, 0.717) is 32.6 Å². The number of nitrogens with one attached hydrogen (secondary N) is 1. The molecule has 0 aromatic heterocycles. The van der Waals surface area contributed by atoms with E-state index in [1.54, 1.807) is 0 Å². The van der Waals surface area contributed by atoms with E-state index in [-0.39, 0.29) is 24.2 Å². The van der Waals surface area contributed by atoms with Crippen LogP contribution in [0.1, 0.15) is 55.9 Å². The second-order valence-electron chi connectivity index (χ2n) is 10.0. The number of carbonyl (C=O) groups excluding carboxylic acids is 1. The van der Waals surface area contributed by atoms with E-state index in [2.05, 4.69) is 55.6 Å². The zero-order valence-corrected chi connectivity index (χ0v) is 20.9. The summed E-state index contributed by atoms with van der Waals surface area (Å²) >= 11 is 0. The standard InChI is InChI=1S/C28H37NO5/c1-6-29-26(30)28(32-18-22-9-7-8-20(3)14-22)15-23(25-24(16-28)33-27(4,5)34-25)31-17-21-12-10-19(2)11-13-21/h7-14,23-25H,6,15-18H2,1-5H3,(H,29,30)/t23-,24-,25+,28-/m1/s1. The van der Waals surface area contributed by atoms with E-state index in [9.17, 15) is 4.79 Å². The van der Waals surface area contributed by atoms with Crippen LogP contribution in [0.5, 0.6) is 0 Å². The number of hydrogen-bond acceptors (Lipinski definition) is 5. The SMILES string of the molecule is CCNC(=O)[C@@]1(OCc2cccc(C)c2)C[C@@H](OCc2ccc(C)cc2)[C@@H]2OC(C)(C)O[C@@H]2C1. The molecule has 2 aliphatic rings. The van der Waals surface area contributed by atoms with Crippen LogP contribution in [0.15, 0.2) is 48.5 Å². The Morgan fingerprint density at radius 2 is 1.76 bits per heavy atom. The molecule has 4 rings (SSSR count). The topological polar surface area (TPSA) is 66.0 Å². The minimum Gasteiger partial charge on any atom is -0.371 e. The predicted molar refractivity (Wildman–Crippen MR) is 130 cm³/mol. The fraction of sp³-hybridized carbons (Fsp3) is 0.536. The van der Waals surface area contributed by atoms with Crippen LogP contribution in [0.2, 0.25) is 0 Å². The van der Waals surface area contributed by atoms with Gasteiger partial charge in [0.25, 0.3) is 5.91 Å². The molecule has 2 fully saturated rings. The molecule has 1 N–H and O–H groups in total. The predicted octanol–water partition coefficient (Wildman–Crippen LogP) is 4.59. The molecule has 1 amide bonds. The van der Waals surface area contributed by atoms with E-state index in [1.807, 2.05) is 32.9 Å². The monoisotopic (exact) mass is 467 g/mol. The normalized spacial score (nSPS) is 27.9. The summed E-state index contributed by atoms with van der Waals surface area (Å²) in [4.78, 5) is 13.4. The molecule has 1 aliphatic heterocycles. The van der Waals surface area contributed by atoms with E-state index < -0.39 is 11.4 Å². The second kappa shape index (κ2) is 10.2. The van der Waals surface area contributed by atoms with E-state index in [4.69, 9.17) is 18.9 Å². The summed E-state index contributed by atoms with van der Waals surface area (Å²) in [5, 5.41) is 2.99. The first-order valence-corrected chi connectivity index (χ1v) is 12.2. The number of likely N-dealkylation sites (N-methyl/N-ethyl adjacent to an activating group) is 1. The van der Waals surface area contributed by atoms with Crippen molar-refractivity contribution in [2.75, 3.05) is 6.54 Å². The van der Waals surface area contributed by atoms with Crippen molar-refractivity contribution in [2.45, 2.75) is 90.4 Å². The molecule has 1 saturated heterocycles. The number of hydrogen-bond donors (Lipinski definition) is 1. The van der Waals surface area contributed by atoms with Gasteiger partial charge in [0.15, 0.2) is 11.4 Å². The van der Waals surface area contributed by atoms with Gasteiger partial charge >= 0.3 is 0 Å². The first-order chi connectivity index (χ1) is 16.2. The summed E-state index contributed by atoms with van der Waals surface area (Å²) in [7, 11) is 0. The average Bonchev–Trinajstić information content (AvgIpc) is 3.11. The quantitative estimate of drug-likeness (QED) is 0.615. The summed E-state index contributed by atoms with van der Waals surface area (Å²) in [5.41, 5.74) is 3.41. The van der Waals surface area contributed by atoms with Gasteiger partial charge < -0.3 is 24.3 Å². The van der Waals surface area contributed by atoms with Crippen molar-refractivity contribution in [3.05, 3.63) is 70.8 Å². The molecule has 0 unspecified atom stereocenters. The molecular formula is C28H37NO5. The Kier molecular flexibility index (Phi) is 7.43. The van der Waals surface area contributed by atoms with Crippen LogP contribution < -0.4 is 5.32 Å². The Bertz CT molecular complexity index is 989. The van der Waals surface area contributed by atoms with Crippen molar-refractivity contribution >= 4 is 5.91 Å². The van der Waals surface area contributed by atoms with Crippen LogP contribution >= 0.6 is 0 Å². The molecule has 0 radical (unpaired) electrons. The molecule has 1 heterocycles. The van der Waals surface area contributed by atoms with Crippen molar-refractivity contribution < 1.29 is 23.7 Å². The number of fused-ring (bicyclic) bond motifs is 1. The fourth-order valence-corrected chi connectivity index (χ4v) is 4.94. The molecule has 184 valence electrons. The Hall–Kier alpha value is -2.25. The van der Waals surface area contributed by atoms with Crippen LogP contribution in [0, 0.1) is 13.8 Å². The lowest BCUT2D eigenvalue weighted by molar-refractivity contribution is -0.183. The van der Waals surface area contributed by atoms with Crippen molar-refractivity contribution in [2.24, 2.45) is 0 Å². The maximum absolute atomic E-state index is 13.4. The molecule has 34 heavy (non-hydrogen) atoms. The van der Waals surface area contributed by atoms with Gasteiger partial charge in [-0.2, -0.15) is 0 Å². The molecule has 0 bridgehead atoms. The lowest BCUT2D eigenvalue weighted by atomic mass is 9.78. The van der Waals surface area contributed by atoms with Crippen LogP contribution in [-0.2, 0) is 37.0 Å². The summed E-state index contributed by atoms with van der Waals surface area (Å²) in [6.45, 7) is 11.1. The highest BCUT2D eigenvalue weighted by atomic mass is 16.8. The van der Waals surface area contributed by atoms with Gasteiger partial charge in [-0.25, -0.2) is 0 Å². The van der Waals surface area contributed by atoms with E-state index >= 15 is 0 Å². The molecule has 2 aromatic rings. The van der Waals surface area contributed by atoms with Gasteiger partial charge in [-0.15, -0.1) is 0 Å². The second-order valence-corrected chi connectivity index (χ2v) is 10.0. The van der Waals surface area contributed by atoms with E-state index in [0.717, 1.165) is 16.7 Å². The Morgan fingerprint density at radius 3 is 2.47 bits per heavy atom. The number of carbonyl (C=O) groups is 1. The Labute approximate surface area is 202 Å². The Morgan fingerprint density at radius 1 is 1.00 bits per heavy atom. The summed E-state index contributed by atoms with van der Waals surface area (Å²) < 4.78 is 25.4. The zero-order valence-electron chi connectivity index (χ0n) is 20.9. The van der Waals surface area contributed by atoms with Crippen molar-refractivity contribution in [3.63, 3.8) is 0 Å². The molecule has 2 aromatic carbocycles. The summed E-state index contributed by atoms with van der Waals surface area (Å²) in [6.07, 6.45) is -0.0836. The third-order valence-corrected chi connectivity index (χ3v) is 6.58. The molecule has 4 atom stereocenters.